The molecule has 2 N–H and O–H groups in total. The van der Waals surface area contributed by atoms with Gasteiger partial charge in [0.15, 0.2) is 0 Å². The molecule has 0 aromatic heterocycles. The normalized spacial score (nSPS) is 41.4. The number of hydrogen-bond acceptors (Lipinski definition) is 3. The van der Waals surface area contributed by atoms with Gasteiger partial charge in [0, 0.05) is 6.04 Å². The summed E-state index contributed by atoms with van der Waals surface area (Å²) in [6.45, 7) is 0. The van der Waals surface area contributed by atoms with Crippen LogP contribution in [0.2, 0.25) is 0 Å². The van der Waals surface area contributed by atoms with Crippen molar-refractivity contribution in [2.45, 2.75) is 25.3 Å². The third kappa shape index (κ3) is 1.55. The minimum Gasteiger partial charge on any atom is -0.469 e. The lowest BCUT2D eigenvalue weighted by atomic mass is 9.85. The zero-order valence-electron chi connectivity index (χ0n) is 7.73. The molecule has 0 radical (unpaired) electrons. The predicted octanol–water partition coefficient (Wildman–Crippen LogP) is 0.955. The van der Waals surface area contributed by atoms with Gasteiger partial charge in [0.1, 0.15) is 0 Å². The van der Waals surface area contributed by atoms with Crippen molar-refractivity contribution in [3.05, 3.63) is 0 Å². The number of carbonyl (C=O) groups is 1. The topological polar surface area (TPSA) is 52.3 Å². The summed E-state index contributed by atoms with van der Waals surface area (Å²) in [5.74, 6) is 0.986. The quantitative estimate of drug-likeness (QED) is 0.649. The van der Waals surface area contributed by atoms with Crippen LogP contribution in [0.25, 0.3) is 0 Å². The molecular weight excluding hydrogens is 190 g/mol. The maximum atomic E-state index is 11.3. The van der Waals surface area contributed by atoms with Crippen LogP contribution in [-0.4, -0.2) is 19.1 Å². The third-order valence-electron chi connectivity index (χ3n) is 3.45. The highest BCUT2D eigenvalue weighted by Gasteiger charge is 2.49. The number of carbonyl (C=O) groups excluding carboxylic acids is 1. The highest BCUT2D eigenvalue weighted by atomic mass is 35.5. The van der Waals surface area contributed by atoms with Crippen LogP contribution in [0.15, 0.2) is 0 Å². The number of halogens is 1. The molecule has 3 nitrogen and oxygen atoms in total. The van der Waals surface area contributed by atoms with Crippen molar-refractivity contribution in [3.63, 3.8) is 0 Å². The fourth-order valence-electron chi connectivity index (χ4n) is 2.82. The Morgan fingerprint density at radius 1 is 1.38 bits per heavy atom. The van der Waals surface area contributed by atoms with Crippen LogP contribution in [0.1, 0.15) is 19.3 Å². The second kappa shape index (κ2) is 3.84. The standard InChI is InChI=1S/C9H15NO2.ClH/c1-12-9(11)7-5-2-3-6(4-5)8(7)10;/h5-8H,2-4,10H2,1H3;1H/t5?,6?,7-,8+;/m0./s1. The second-order valence-corrected chi connectivity index (χ2v) is 3.96. The minimum atomic E-state index is -0.102. The minimum absolute atomic E-state index is 0. The summed E-state index contributed by atoms with van der Waals surface area (Å²) in [5, 5.41) is 0. The van der Waals surface area contributed by atoms with Gasteiger partial charge in [-0.15, -0.1) is 12.4 Å². The molecule has 2 aliphatic rings. The monoisotopic (exact) mass is 205 g/mol. The van der Waals surface area contributed by atoms with Crippen molar-refractivity contribution >= 4 is 18.4 Å². The van der Waals surface area contributed by atoms with Gasteiger partial charge in [-0.3, -0.25) is 4.79 Å². The van der Waals surface area contributed by atoms with Crippen LogP contribution in [0, 0.1) is 17.8 Å². The number of hydrogen-bond donors (Lipinski definition) is 1. The first-order valence-corrected chi connectivity index (χ1v) is 4.57. The lowest BCUT2D eigenvalue weighted by molar-refractivity contribution is -0.147. The van der Waals surface area contributed by atoms with Crippen LogP contribution < -0.4 is 5.73 Å². The van der Waals surface area contributed by atoms with E-state index in [1.807, 2.05) is 0 Å². The molecule has 0 spiro atoms. The summed E-state index contributed by atoms with van der Waals surface area (Å²) in [7, 11) is 1.45. The molecule has 0 amide bonds. The van der Waals surface area contributed by atoms with Gasteiger partial charge in [-0.2, -0.15) is 0 Å². The van der Waals surface area contributed by atoms with E-state index in [1.165, 1.54) is 13.5 Å². The number of ether oxygens (including phenoxy) is 1. The smallest absolute Gasteiger partial charge is 0.310 e. The van der Waals surface area contributed by atoms with E-state index in [0.717, 1.165) is 12.8 Å². The SMILES string of the molecule is COC(=O)[C@H]1C2CCC(C2)[C@H]1N.Cl. The van der Waals surface area contributed by atoms with Crippen molar-refractivity contribution in [1.82, 2.24) is 0 Å². The van der Waals surface area contributed by atoms with Crippen molar-refractivity contribution in [1.29, 1.82) is 0 Å². The average Bonchev–Trinajstić information content (AvgIpc) is 2.63. The molecule has 2 fully saturated rings. The van der Waals surface area contributed by atoms with Gasteiger partial charge in [-0.1, -0.05) is 0 Å². The molecule has 2 saturated carbocycles. The van der Waals surface area contributed by atoms with Crippen LogP contribution in [0.4, 0.5) is 0 Å². The lowest BCUT2D eigenvalue weighted by Crippen LogP contribution is -2.40. The van der Waals surface area contributed by atoms with Gasteiger partial charge in [-0.05, 0) is 31.1 Å². The molecule has 0 aromatic rings. The molecule has 0 saturated heterocycles. The molecule has 76 valence electrons. The molecule has 2 aliphatic carbocycles. The molecule has 0 aliphatic heterocycles. The first-order chi connectivity index (χ1) is 5.74. The molecule has 0 heterocycles. The molecule has 13 heavy (non-hydrogen) atoms. The molecule has 2 bridgehead atoms. The summed E-state index contributed by atoms with van der Waals surface area (Å²) in [6.07, 6.45) is 3.51. The Morgan fingerprint density at radius 3 is 2.46 bits per heavy atom. The van der Waals surface area contributed by atoms with E-state index < -0.39 is 0 Å². The van der Waals surface area contributed by atoms with Crippen molar-refractivity contribution in [3.8, 4) is 0 Å². The Labute approximate surface area is 84.4 Å². The zero-order chi connectivity index (χ0) is 8.72. The molecule has 0 aromatic carbocycles. The Bertz CT molecular complexity index is 208. The maximum absolute atomic E-state index is 11.3. The van der Waals surface area contributed by atoms with Crippen LogP contribution in [0.5, 0.6) is 0 Å². The van der Waals surface area contributed by atoms with Gasteiger partial charge in [0.05, 0.1) is 13.0 Å². The van der Waals surface area contributed by atoms with Gasteiger partial charge >= 0.3 is 5.97 Å². The second-order valence-electron chi connectivity index (χ2n) is 3.96. The molecule has 4 heteroatoms. The summed E-state index contributed by atoms with van der Waals surface area (Å²) < 4.78 is 4.74. The predicted molar refractivity (Wildman–Crippen MR) is 51.6 cm³/mol. The average molecular weight is 206 g/mol. The van der Waals surface area contributed by atoms with E-state index in [0.29, 0.717) is 11.8 Å². The lowest BCUT2D eigenvalue weighted by Gasteiger charge is -2.25. The van der Waals surface area contributed by atoms with Gasteiger partial charge in [-0.25, -0.2) is 0 Å². The largest absolute Gasteiger partial charge is 0.469 e. The molecule has 2 unspecified atom stereocenters. The Morgan fingerprint density at radius 2 is 2.00 bits per heavy atom. The number of nitrogens with two attached hydrogens (primary N) is 1. The number of methoxy groups -OCH3 is 1. The van der Waals surface area contributed by atoms with Crippen molar-refractivity contribution < 1.29 is 9.53 Å². The van der Waals surface area contributed by atoms with E-state index in [2.05, 4.69) is 0 Å². The van der Waals surface area contributed by atoms with E-state index in [-0.39, 0.29) is 30.3 Å². The number of rotatable bonds is 1. The van der Waals surface area contributed by atoms with Crippen LogP contribution in [-0.2, 0) is 9.53 Å². The van der Waals surface area contributed by atoms with Crippen LogP contribution in [0.3, 0.4) is 0 Å². The van der Waals surface area contributed by atoms with E-state index in [9.17, 15) is 4.79 Å². The van der Waals surface area contributed by atoms with Crippen LogP contribution >= 0.6 is 12.4 Å². The molecule has 4 atom stereocenters. The Hall–Kier alpha value is -0.280. The summed E-state index contributed by atoms with van der Waals surface area (Å²) in [6, 6.07) is 0.0659. The first kappa shape index (κ1) is 10.8. The first-order valence-electron chi connectivity index (χ1n) is 4.57. The molecule has 2 rings (SSSR count). The highest BCUT2D eigenvalue weighted by Crippen LogP contribution is 2.47. The fourth-order valence-corrected chi connectivity index (χ4v) is 2.82. The third-order valence-corrected chi connectivity index (χ3v) is 3.45. The summed E-state index contributed by atoms with van der Waals surface area (Å²) in [5.41, 5.74) is 5.94. The maximum Gasteiger partial charge on any atom is 0.310 e. The van der Waals surface area contributed by atoms with Gasteiger partial charge < -0.3 is 10.5 Å². The van der Waals surface area contributed by atoms with E-state index in [4.69, 9.17) is 10.5 Å². The van der Waals surface area contributed by atoms with Crippen molar-refractivity contribution in [2.75, 3.05) is 7.11 Å². The Balaban J connectivity index is 0.000000845. The van der Waals surface area contributed by atoms with E-state index in [1.54, 1.807) is 0 Å². The van der Waals surface area contributed by atoms with E-state index >= 15 is 0 Å². The summed E-state index contributed by atoms with van der Waals surface area (Å²) in [4.78, 5) is 11.3. The fraction of sp³-hybridized carbons (Fsp3) is 0.889. The van der Waals surface area contributed by atoms with Gasteiger partial charge in [0.2, 0.25) is 0 Å². The number of esters is 1. The Kier molecular flexibility index (Phi) is 3.19. The molecular formula is C9H16ClNO2. The zero-order valence-corrected chi connectivity index (χ0v) is 8.55. The van der Waals surface area contributed by atoms with Gasteiger partial charge in [0.25, 0.3) is 0 Å². The van der Waals surface area contributed by atoms with Crippen molar-refractivity contribution in [2.24, 2.45) is 23.5 Å². The highest BCUT2D eigenvalue weighted by molar-refractivity contribution is 5.85. The summed E-state index contributed by atoms with van der Waals surface area (Å²) >= 11 is 0. The number of fused-ring (bicyclic) bond motifs is 2.